The number of nitrogens with zero attached hydrogens (tertiary/aromatic N) is 3. The molecule has 0 saturated carbocycles. The molecule has 1 fully saturated rings. The van der Waals surface area contributed by atoms with Gasteiger partial charge < -0.3 is 5.32 Å². The van der Waals surface area contributed by atoms with Gasteiger partial charge in [-0.15, -0.1) is 0 Å². The standard InChI is InChI=1S/C16H16N4O3/c1-19-9-8-13(18-19)17-16(23)12-4-2-11(3-5-12)10-20-14(21)6-7-15(20)22/h2-5,8-9H,6-7,10H2,1H3,(H,17,18,23). The van der Waals surface area contributed by atoms with Gasteiger partial charge in [-0.1, -0.05) is 12.1 Å². The minimum absolute atomic E-state index is 0.146. The summed E-state index contributed by atoms with van der Waals surface area (Å²) >= 11 is 0. The zero-order valence-corrected chi connectivity index (χ0v) is 12.7. The predicted molar refractivity (Wildman–Crippen MR) is 82.4 cm³/mol. The Morgan fingerprint density at radius 3 is 2.35 bits per heavy atom. The maximum absolute atomic E-state index is 12.1. The van der Waals surface area contributed by atoms with Crippen LogP contribution in [0, 0.1) is 0 Å². The first-order valence-electron chi connectivity index (χ1n) is 7.26. The summed E-state index contributed by atoms with van der Waals surface area (Å²) in [5, 5.41) is 6.78. The number of amides is 3. The third-order valence-electron chi connectivity index (χ3n) is 3.67. The lowest BCUT2D eigenvalue weighted by Crippen LogP contribution is -2.28. The minimum atomic E-state index is -0.261. The van der Waals surface area contributed by atoms with Gasteiger partial charge in [0.15, 0.2) is 5.82 Å². The lowest BCUT2D eigenvalue weighted by atomic mass is 10.1. The number of aromatic nitrogens is 2. The van der Waals surface area contributed by atoms with Crippen LogP contribution in [0.3, 0.4) is 0 Å². The Labute approximate surface area is 132 Å². The monoisotopic (exact) mass is 312 g/mol. The fourth-order valence-electron chi connectivity index (χ4n) is 2.41. The Bertz CT molecular complexity index is 748. The fraction of sp³-hybridized carbons (Fsp3) is 0.250. The molecule has 1 N–H and O–H groups in total. The van der Waals surface area contributed by atoms with Gasteiger partial charge in [-0.25, -0.2) is 0 Å². The van der Waals surface area contributed by atoms with Crippen molar-refractivity contribution in [3.05, 3.63) is 47.7 Å². The smallest absolute Gasteiger partial charge is 0.256 e. The number of hydrogen-bond donors (Lipinski definition) is 1. The fourth-order valence-corrected chi connectivity index (χ4v) is 2.41. The van der Waals surface area contributed by atoms with Crippen LogP contribution in [-0.4, -0.2) is 32.4 Å². The maximum Gasteiger partial charge on any atom is 0.256 e. The number of aryl methyl sites for hydroxylation is 1. The summed E-state index contributed by atoms with van der Waals surface area (Å²) < 4.78 is 1.60. The lowest BCUT2D eigenvalue weighted by molar-refractivity contribution is -0.139. The lowest BCUT2D eigenvalue weighted by Gasteiger charge is -2.13. The van der Waals surface area contributed by atoms with E-state index in [9.17, 15) is 14.4 Å². The second-order valence-electron chi connectivity index (χ2n) is 5.40. The molecule has 1 saturated heterocycles. The highest BCUT2D eigenvalue weighted by molar-refractivity contribution is 6.04. The van der Waals surface area contributed by atoms with Crippen molar-refractivity contribution in [1.82, 2.24) is 14.7 Å². The van der Waals surface area contributed by atoms with E-state index in [0.717, 1.165) is 5.56 Å². The summed E-state index contributed by atoms with van der Waals surface area (Å²) in [5.74, 6) is -0.0719. The van der Waals surface area contributed by atoms with E-state index < -0.39 is 0 Å². The van der Waals surface area contributed by atoms with Gasteiger partial charge in [0.25, 0.3) is 5.91 Å². The number of hydrogen-bond acceptors (Lipinski definition) is 4. The molecule has 0 aliphatic carbocycles. The minimum Gasteiger partial charge on any atom is -0.305 e. The molecular formula is C16H16N4O3. The molecule has 7 nitrogen and oxygen atoms in total. The number of imide groups is 1. The SMILES string of the molecule is Cn1ccc(NC(=O)c2ccc(CN3C(=O)CCC3=O)cc2)n1. The third kappa shape index (κ3) is 3.28. The number of anilines is 1. The molecule has 1 aromatic carbocycles. The summed E-state index contributed by atoms with van der Waals surface area (Å²) in [6.45, 7) is 0.250. The molecule has 1 aliphatic rings. The number of likely N-dealkylation sites (tertiary alicyclic amines) is 1. The highest BCUT2D eigenvalue weighted by atomic mass is 16.2. The molecule has 0 unspecified atom stereocenters. The summed E-state index contributed by atoms with van der Waals surface area (Å²) in [6, 6.07) is 8.52. The van der Waals surface area contributed by atoms with Crippen molar-refractivity contribution in [1.29, 1.82) is 0 Å². The average molecular weight is 312 g/mol. The first-order chi connectivity index (χ1) is 11.0. The van der Waals surface area contributed by atoms with Crippen LogP contribution in [0.15, 0.2) is 36.5 Å². The number of carbonyl (C=O) groups excluding carboxylic acids is 3. The molecule has 2 heterocycles. The van der Waals surface area contributed by atoms with E-state index in [1.165, 1.54) is 4.90 Å². The van der Waals surface area contributed by atoms with E-state index in [1.807, 2.05) is 0 Å². The van der Waals surface area contributed by atoms with Crippen molar-refractivity contribution in [2.45, 2.75) is 19.4 Å². The van der Waals surface area contributed by atoms with Crippen molar-refractivity contribution in [2.75, 3.05) is 5.32 Å². The molecular weight excluding hydrogens is 296 g/mol. The van der Waals surface area contributed by atoms with Gasteiger partial charge >= 0.3 is 0 Å². The molecule has 1 aliphatic heterocycles. The highest BCUT2D eigenvalue weighted by Gasteiger charge is 2.28. The van der Waals surface area contributed by atoms with Crippen LogP contribution >= 0.6 is 0 Å². The van der Waals surface area contributed by atoms with E-state index in [-0.39, 0.29) is 37.1 Å². The van der Waals surface area contributed by atoms with Gasteiger partial charge in [0.1, 0.15) is 0 Å². The molecule has 118 valence electrons. The van der Waals surface area contributed by atoms with Crippen molar-refractivity contribution < 1.29 is 14.4 Å². The van der Waals surface area contributed by atoms with Crippen LogP contribution in [-0.2, 0) is 23.2 Å². The highest BCUT2D eigenvalue weighted by Crippen LogP contribution is 2.16. The van der Waals surface area contributed by atoms with E-state index in [1.54, 1.807) is 48.3 Å². The summed E-state index contributed by atoms with van der Waals surface area (Å²) in [4.78, 5) is 36.6. The van der Waals surface area contributed by atoms with Crippen molar-refractivity contribution >= 4 is 23.5 Å². The summed E-state index contributed by atoms with van der Waals surface area (Å²) in [5.41, 5.74) is 1.29. The topological polar surface area (TPSA) is 84.3 Å². The van der Waals surface area contributed by atoms with Gasteiger partial charge in [-0.05, 0) is 17.7 Å². The molecule has 23 heavy (non-hydrogen) atoms. The Morgan fingerprint density at radius 1 is 1.13 bits per heavy atom. The van der Waals surface area contributed by atoms with Crippen LogP contribution in [0.5, 0.6) is 0 Å². The normalized spacial score (nSPS) is 14.4. The quantitative estimate of drug-likeness (QED) is 0.863. The van der Waals surface area contributed by atoms with Crippen molar-refractivity contribution in [3.63, 3.8) is 0 Å². The van der Waals surface area contributed by atoms with E-state index in [0.29, 0.717) is 11.4 Å². The van der Waals surface area contributed by atoms with Crippen LogP contribution in [0.2, 0.25) is 0 Å². The van der Waals surface area contributed by atoms with Crippen molar-refractivity contribution in [2.24, 2.45) is 7.05 Å². The van der Waals surface area contributed by atoms with E-state index >= 15 is 0 Å². The Balaban J connectivity index is 1.65. The molecule has 0 spiro atoms. The van der Waals surface area contributed by atoms with Crippen LogP contribution < -0.4 is 5.32 Å². The molecule has 7 heteroatoms. The number of nitrogens with one attached hydrogen (secondary N) is 1. The van der Waals surface area contributed by atoms with Crippen LogP contribution in [0.25, 0.3) is 0 Å². The average Bonchev–Trinajstić information content (AvgIpc) is 3.08. The number of rotatable bonds is 4. The summed E-state index contributed by atoms with van der Waals surface area (Å²) in [7, 11) is 1.77. The van der Waals surface area contributed by atoms with E-state index in [2.05, 4.69) is 10.4 Å². The third-order valence-corrected chi connectivity index (χ3v) is 3.67. The second-order valence-corrected chi connectivity index (χ2v) is 5.40. The van der Waals surface area contributed by atoms with Crippen molar-refractivity contribution in [3.8, 4) is 0 Å². The Morgan fingerprint density at radius 2 is 1.78 bits per heavy atom. The first kappa shape index (κ1) is 15.0. The Hall–Kier alpha value is -2.96. The van der Waals surface area contributed by atoms with Gasteiger partial charge in [-0.2, -0.15) is 5.10 Å². The zero-order chi connectivity index (χ0) is 16.4. The number of carbonyl (C=O) groups is 3. The van der Waals surface area contributed by atoms with Gasteiger partial charge in [-0.3, -0.25) is 24.0 Å². The van der Waals surface area contributed by atoms with Gasteiger partial charge in [0, 0.05) is 37.7 Å². The zero-order valence-electron chi connectivity index (χ0n) is 12.7. The molecule has 1 aromatic heterocycles. The van der Waals surface area contributed by atoms with Crippen LogP contribution in [0.4, 0.5) is 5.82 Å². The predicted octanol–water partition coefficient (Wildman–Crippen LogP) is 1.32. The molecule has 3 rings (SSSR count). The molecule has 0 bridgehead atoms. The van der Waals surface area contributed by atoms with E-state index in [4.69, 9.17) is 0 Å². The largest absolute Gasteiger partial charge is 0.305 e. The summed E-state index contributed by atoms with van der Waals surface area (Å²) in [6.07, 6.45) is 2.30. The first-order valence-corrected chi connectivity index (χ1v) is 7.26. The molecule has 0 atom stereocenters. The second kappa shape index (κ2) is 6.04. The molecule has 2 aromatic rings. The maximum atomic E-state index is 12.1. The Kier molecular flexibility index (Phi) is 3.92. The molecule has 0 radical (unpaired) electrons. The van der Waals surface area contributed by atoms with Gasteiger partial charge in [0.2, 0.25) is 11.8 Å². The van der Waals surface area contributed by atoms with Gasteiger partial charge in [0.05, 0.1) is 6.54 Å². The molecule has 3 amide bonds. The van der Waals surface area contributed by atoms with Crippen LogP contribution in [0.1, 0.15) is 28.8 Å². The number of benzene rings is 1.